The summed E-state index contributed by atoms with van der Waals surface area (Å²) in [4.78, 5) is 40.8. The van der Waals surface area contributed by atoms with E-state index in [9.17, 15) is 14.4 Å². The van der Waals surface area contributed by atoms with Crippen molar-refractivity contribution in [2.45, 2.75) is 19.0 Å². The van der Waals surface area contributed by atoms with Crippen LogP contribution >= 0.6 is 11.8 Å². The summed E-state index contributed by atoms with van der Waals surface area (Å²) in [7, 11) is 1.87. The molecule has 0 spiro atoms. The Morgan fingerprint density at radius 1 is 0.969 bits per heavy atom. The summed E-state index contributed by atoms with van der Waals surface area (Å²) in [6.07, 6.45) is 3.49. The number of aromatic nitrogens is 2. The molecule has 3 aromatic rings. The van der Waals surface area contributed by atoms with Crippen molar-refractivity contribution in [1.29, 1.82) is 0 Å². The summed E-state index contributed by atoms with van der Waals surface area (Å²) in [5.41, 5.74) is 3.65. The van der Waals surface area contributed by atoms with E-state index >= 15 is 0 Å². The Balaban J connectivity index is 1.46. The molecule has 3 rings (SSSR count). The van der Waals surface area contributed by atoms with Crippen LogP contribution in [0.3, 0.4) is 0 Å². The van der Waals surface area contributed by atoms with Gasteiger partial charge >= 0.3 is 0 Å². The summed E-state index contributed by atoms with van der Waals surface area (Å²) in [6, 6.07) is 12.2. The minimum absolute atomic E-state index is 0.143. The largest absolute Gasteiger partial charge is 0.343 e. The normalized spacial score (nSPS) is 10.5. The van der Waals surface area contributed by atoms with Crippen LogP contribution in [0, 0.1) is 13.8 Å². The van der Waals surface area contributed by atoms with Gasteiger partial charge in [-0.2, -0.15) is 0 Å². The second-order valence-electron chi connectivity index (χ2n) is 7.23. The van der Waals surface area contributed by atoms with Gasteiger partial charge < -0.3 is 20.5 Å². The summed E-state index contributed by atoms with van der Waals surface area (Å²) in [5.74, 6) is -0.615. The number of nitrogens with one attached hydrogen (secondary N) is 3. The van der Waals surface area contributed by atoms with Crippen molar-refractivity contribution < 1.29 is 14.4 Å². The van der Waals surface area contributed by atoms with Crippen LogP contribution in [0.5, 0.6) is 0 Å². The lowest BCUT2D eigenvalue weighted by Gasteiger charge is -2.12. The van der Waals surface area contributed by atoms with E-state index in [0.717, 1.165) is 22.0 Å². The molecule has 0 aliphatic carbocycles. The highest BCUT2D eigenvalue weighted by Crippen LogP contribution is 2.19. The molecule has 8 nitrogen and oxygen atoms in total. The minimum atomic E-state index is -0.370. The van der Waals surface area contributed by atoms with Gasteiger partial charge in [-0.05, 0) is 49.2 Å². The number of hydrogen-bond acceptors (Lipinski definition) is 5. The van der Waals surface area contributed by atoms with Gasteiger partial charge in [0.05, 0.1) is 12.3 Å². The number of para-hydroxylation sites is 1. The Morgan fingerprint density at radius 2 is 1.66 bits per heavy atom. The van der Waals surface area contributed by atoms with E-state index in [2.05, 4.69) is 20.9 Å². The Morgan fingerprint density at radius 3 is 2.28 bits per heavy atom. The maximum atomic E-state index is 12.3. The fourth-order valence-corrected chi connectivity index (χ4v) is 3.71. The average molecular weight is 452 g/mol. The third-order valence-corrected chi connectivity index (χ3v) is 5.75. The lowest BCUT2D eigenvalue weighted by molar-refractivity contribution is -0.115. The molecular weight excluding hydrogens is 426 g/mol. The Hall–Kier alpha value is -3.59. The quantitative estimate of drug-likeness (QED) is 0.457. The summed E-state index contributed by atoms with van der Waals surface area (Å²) in [5, 5.41) is 8.98. The van der Waals surface area contributed by atoms with E-state index in [1.165, 1.54) is 11.8 Å². The van der Waals surface area contributed by atoms with E-state index in [0.29, 0.717) is 11.3 Å². The van der Waals surface area contributed by atoms with Crippen molar-refractivity contribution in [2.75, 3.05) is 22.9 Å². The molecule has 3 N–H and O–H groups in total. The van der Waals surface area contributed by atoms with E-state index in [4.69, 9.17) is 0 Å². The molecule has 1 heterocycles. The van der Waals surface area contributed by atoms with Gasteiger partial charge in [-0.3, -0.25) is 14.4 Å². The number of amides is 3. The number of aryl methyl sites for hydroxylation is 3. The number of carbonyl (C=O) groups excluding carboxylic acids is 3. The molecule has 0 aliphatic rings. The van der Waals surface area contributed by atoms with E-state index in [-0.39, 0.29) is 30.0 Å². The minimum Gasteiger partial charge on any atom is -0.343 e. The molecule has 9 heteroatoms. The molecule has 3 amide bonds. The molecule has 2 aromatic carbocycles. The standard InChI is InChI=1S/C23H25N5O3S/c1-15-5-4-6-16(2)21(15)27-19(29)13-25-22(31)17-7-9-18(10-8-17)26-20(30)14-32-23-24-11-12-28(23)3/h4-12H,13-14H2,1-3H3,(H,25,31)(H,26,30)(H,27,29). The smallest absolute Gasteiger partial charge is 0.251 e. The number of imidazole rings is 1. The molecule has 1 aromatic heterocycles. The van der Waals surface area contributed by atoms with Crippen LogP contribution in [-0.2, 0) is 16.6 Å². The number of anilines is 2. The van der Waals surface area contributed by atoms with E-state index < -0.39 is 0 Å². The van der Waals surface area contributed by atoms with Crippen molar-refractivity contribution in [1.82, 2.24) is 14.9 Å². The second kappa shape index (κ2) is 10.6. The van der Waals surface area contributed by atoms with Crippen LogP contribution in [0.25, 0.3) is 0 Å². The van der Waals surface area contributed by atoms with Crippen LogP contribution in [0.1, 0.15) is 21.5 Å². The number of thioether (sulfide) groups is 1. The molecule has 0 aliphatic heterocycles. The van der Waals surface area contributed by atoms with Gasteiger partial charge in [-0.15, -0.1) is 0 Å². The van der Waals surface area contributed by atoms with Crippen LogP contribution < -0.4 is 16.0 Å². The van der Waals surface area contributed by atoms with Gasteiger partial charge in [0.15, 0.2) is 5.16 Å². The van der Waals surface area contributed by atoms with Gasteiger partial charge in [0.1, 0.15) is 0 Å². The molecule has 0 radical (unpaired) electrons. The highest BCUT2D eigenvalue weighted by Gasteiger charge is 2.11. The van der Waals surface area contributed by atoms with Crippen molar-refractivity contribution in [3.8, 4) is 0 Å². The first-order valence-corrected chi connectivity index (χ1v) is 11.0. The maximum Gasteiger partial charge on any atom is 0.251 e. The molecule has 0 fully saturated rings. The van der Waals surface area contributed by atoms with Crippen LogP contribution in [0.15, 0.2) is 60.0 Å². The lowest BCUT2D eigenvalue weighted by Crippen LogP contribution is -2.33. The van der Waals surface area contributed by atoms with E-state index in [1.54, 1.807) is 30.5 Å². The number of hydrogen-bond donors (Lipinski definition) is 3. The highest BCUT2D eigenvalue weighted by molar-refractivity contribution is 7.99. The summed E-state index contributed by atoms with van der Waals surface area (Å²) in [6.45, 7) is 3.69. The van der Waals surface area contributed by atoms with Gasteiger partial charge in [0.2, 0.25) is 11.8 Å². The Kier molecular flexibility index (Phi) is 7.67. The molecule has 0 bridgehead atoms. The summed E-state index contributed by atoms with van der Waals surface area (Å²) >= 11 is 1.34. The fraction of sp³-hybridized carbons (Fsp3) is 0.217. The summed E-state index contributed by atoms with van der Waals surface area (Å²) < 4.78 is 1.84. The number of rotatable bonds is 8. The first kappa shape index (κ1) is 23.1. The lowest BCUT2D eigenvalue weighted by atomic mass is 10.1. The van der Waals surface area contributed by atoms with E-state index in [1.807, 2.05) is 49.9 Å². The van der Waals surface area contributed by atoms with Crippen LogP contribution in [0.2, 0.25) is 0 Å². The number of nitrogens with zero attached hydrogens (tertiary/aromatic N) is 2. The number of benzene rings is 2. The van der Waals surface area contributed by atoms with Crippen molar-refractivity contribution >= 4 is 40.9 Å². The topological polar surface area (TPSA) is 105 Å². The zero-order valence-corrected chi connectivity index (χ0v) is 19.0. The average Bonchev–Trinajstić information content (AvgIpc) is 3.18. The van der Waals surface area contributed by atoms with Crippen LogP contribution in [0.4, 0.5) is 11.4 Å². The van der Waals surface area contributed by atoms with Crippen molar-refractivity contribution in [3.63, 3.8) is 0 Å². The first-order valence-electron chi connectivity index (χ1n) is 9.98. The Bertz CT molecular complexity index is 1100. The molecule has 32 heavy (non-hydrogen) atoms. The SMILES string of the molecule is Cc1cccc(C)c1NC(=O)CNC(=O)c1ccc(NC(=O)CSc2nccn2C)cc1. The van der Waals surface area contributed by atoms with Crippen molar-refractivity contribution in [3.05, 3.63) is 71.5 Å². The first-order chi connectivity index (χ1) is 15.3. The van der Waals surface area contributed by atoms with Gasteiger partial charge in [0.25, 0.3) is 5.91 Å². The fourth-order valence-electron chi connectivity index (χ4n) is 2.98. The third kappa shape index (κ3) is 6.21. The Labute approximate surface area is 190 Å². The maximum absolute atomic E-state index is 12.3. The molecule has 0 saturated heterocycles. The van der Waals surface area contributed by atoms with Crippen molar-refractivity contribution in [2.24, 2.45) is 7.05 Å². The molecule has 0 atom stereocenters. The zero-order valence-electron chi connectivity index (χ0n) is 18.1. The molecule has 0 unspecified atom stereocenters. The monoisotopic (exact) mass is 451 g/mol. The molecular formula is C23H25N5O3S. The number of carbonyl (C=O) groups is 3. The molecule has 0 saturated carbocycles. The van der Waals surface area contributed by atoms with Gasteiger partial charge in [0, 0.05) is 36.4 Å². The molecule has 166 valence electrons. The zero-order chi connectivity index (χ0) is 23.1. The second-order valence-corrected chi connectivity index (χ2v) is 8.18. The van der Waals surface area contributed by atoms with Gasteiger partial charge in [-0.25, -0.2) is 4.98 Å². The predicted molar refractivity (Wildman–Crippen MR) is 126 cm³/mol. The van der Waals surface area contributed by atoms with Gasteiger partial charge in [-0.1, -0.05) is 30.0 Å². The predicted octanol–water partition coefficient (Wildman–Crippen LogP) is 3.14. The van der Waals surface area contributed by atoms with Crippen LogP contribution in [-0.4, -0.2) is 39.6 Å². The third-order valence-electron chi connectivity index (χ3n) is 4.70. The highest BCUT2D eigenvalue weighted by atomic mass is 32.2.